The number of anilines is 1. The number of hydrogen-bond acceptors (Lipinski definition) is 4. The first-order valence-electron chi connectivity index (χ1n) is 4.11. The average molecular weight is 291 g/mol. The van der Waals surface area contributed by atoms with E-state index in [1.54, 1.807) is 0 Å². The Bertz CT molecular complexity index is 460. The SMILES string of the molecule is CC(N)=NNc1cc(Br)c(F)cc1[N+](=O)[O-]. The second-order valence-corrected chi connectivity index (χ2v) is 3.76. The molecular weight excluding hydrogens is 283 g/mol. The number of halogens is 2. The van der Waals surface area contributed by atoms with Crippen LogP contribution >= 0.6 is 15.9 Å². The van der Waals surface area contributed by atoms with Crippen LogP contribution in [0.4, 0.5) is 15.8 Å². The normalized spacial score (nSPS) is 11.3. The van der Waals surface area contributed by atoms with Gasteiger partial charge in [-0.25, -0.2) is 4.39 Å². The Morgan fingerprint density at radius 2 is 2.31 bits per heavy atom. The Hall–Kier alpha value is -1.70. The number of benzene rings is 1. The molecule has 0 bridgehead atoms. The molecule has 6 nitrogen and oxygen atoms in total. The summed E-state index contributed by atoms with van der Waals surface area (Å²) in [6.07, 6.45) is 0. The lowest BCUT2D eigenvalue weighted by atomic mass is 10.2. The van der Waals surface area contributed by atoms with Crippen molar-refractivity contribution < 1.29 is 9.31 Å². The second-order valence-electron chi connectivity index (χ2n) is 2.91. The molecule has 0 amide bonds. The Morgan fingerprint density at radius 3 is 2.81 bits per heavy atom. The molecule has 0 radical (unpaired) electrons. The number of hydrogen-bond donors (Lipinski definition) is 2. The molecule has 0 heterocycles. The minimum atomic E-state index is -0.717. The molecule has 86 valence electrons. The van der Waals surface area contributed by atoms with Crippen molar-refractivity contribution in [1.29, 1.82) is 0 Å². The van der Waals surface area contributed by atoms with Crippen LogP contribution in [0.1, 0.15) is 6.92 Å². The Labute approximate surface area is 98.6 Å². The summed E-state index contributed by atoms with van der Waals surface area (Å²) >= 11 is 2.92. The molecule has 0 aliphatic rings. The zero-order valence-corrected chi connectivity index (χ0v) is 9.78. The summed E-state index contributed by atoms with van der Waals surface area (Å²) < 4.78 is 13.2. The minimum Gasteiger partial charge on any atom is -0.386 e. The lowest BCUT2D eigenvalue weighted by Crippen LogP contribution is -2.08. The van der Waals surface area contributed by atoms with Crippen molar-refractivity contribution in [3.63, 3.8) is 0 Å². The van der Waals surface area contributed by atoms with E-state index < -0.39 is 16.4 Å². The van der Waals surface area contributed by atoms with Gasteiger partial charge in [-0.05, 0) is 28.9 Å². The van der Waals surface area contributed by atoms with E-state index in [2.05, 4.69) is 26.5 Å². The van der Waals surface area contributed by atoms with Gasteiger partial charge >= 0.3 is 0 Å². The van der Waals surface area contributed by atoms with Gasteiger partial charge in [0.15, 0.2) is 0 Å². The zero-order valence-electron chi connectivity index (χ0n) is 8.20. The highest BCUT2D eigenvalue weighted by molar-refractivity contribution is 9.10. The van der Waals surface area contributed by atoms with Gasteiger partial charge in [0.25, 0.3) is 5.69 Å². The molecule has 16 heavy (non-hydrogen) atoms. The molecule has 0 fully saturated rings. The number of nitrogens with two attached hydrogens (primary N) is 1. The maximum absolute atomic E-state index is 13.1. The first-order valence-corrected chi connectivity index (χ1v) is 4.90. The van der Waals surface area contributed by atoms with E-state index in [4.69, 9.17) is 5.73 Å². The maximum atomic E-state index is 13.1. The molecule has 0 aliphatic carbocycles. The molecule has 3 N–H and O–H groups in total. The molecule has 8 heteroatoms. The monoisotopic (exact) mass is 290 g/mol. The summed E-state index contributed by atoms with van der Waals surface area (Å²) in [6.45, 7) is 1.51. The van der Waals surface area contributed by atoms with Gasteiger partial charge in [-0.1, -0.05) is 0 Å². The van der Waals surface area contributed by atoms with Crippen molar-refractivity contribution in [1.82, 2.24) is 0 Å². The van der Waals surface area contributed by atoms with Crippen LogP contribution in [0.15, 0.2) is 21.7 Å². The standard InChI is InChI=1S/C8H8BrFN4O2/c1-4(11)12-13-7-2-5(9)6(10)3-8(7)14(15)16/h2-3,13H,1H3,(H2,11,12). The summed E-state index contributed by atoms with van der Waals surface area (Å²) in [6, 6.07) is 2.02. The van der Waals surface area contributed by atoms with Gasteiger partial charge in [-0.15, -0.1) is 0 Å². The van der Waals surface area contributed by atoms with Crippen LogP contribution in [-0.4, -0.2) is 10.8 Å². The van der Waals surface area contributed by atoms with Crippen LogP contribution in [0.5, 0.6) is 0 Å². The van der Waals surface area contributed by atoms with Crippen LogP contribution in [0.2, 0.25) is 0 Å². The smallest absolute Gasteiger partial charge is 0.297 e. The van der Waals surface area contributed by atoms with Crippen LogP contribution in [-0.2, 0) is 0 Å². The van der Waals surface area contributed by atoms with Crippen molar-refractivity contribution in [3.05, 3.63) is 32.5 Å². The lowest BCUT2D eigenvalue weighted by Gasteiger charge is -2.04. The van der Waals surface area contributed by atoms with Gasteiger partial charge in [0.05, 0.1) is 15.5 Å². The van der Waals surface area contributed by atoms with Crippen molar-refractivity contribution in [3.8, 4) is 0 Å². The first-order chi connectivity index (χ1) is 7.41. The quantitative estimate of drug-likeness (QED) is 0.386. The summed E-state index contributed by atoms with van der Waals surface area (Å²) in [5.74, 6) is -0.513. The molecule has 1 rings (SSSR count). The molecular formula is C8H8BrFN4O2. The topological polar surface area (TPSA) is 93.5 Å². The van der Waals surface area contributed by atoms with Gasteiger partial charge < -0.3 is 5.73 Å². The zero-order chi connectivity index (χ0) is 12.3. The number of amidine groups is 1. The molecule has 0 atom stereocenters. The number of nitrogens with one attached hydrogen (secondary N) is 1. The van der Waals surface area contributed by atoms with Crippen LogP contribution < -0.4 is 11.2 Å². The number of nitrogens with zero attached hydrogens (tertiary/aromatic N) is 2. The molecule has 0 spiro atoms. The van der Waals surface area contributed by atoms with E-state index in [-0.39, 0.29) is 16.0 Å². The molecule has 0 aliphatic heterocycles. The minimum absolute atomic E-state index is 0.0584. The number of nitro benzene ring substituents is 1. The maximum Gasteiger partial charge on any atom is 0.297 e. The van der Waals surface area contributed by atoms with Crippen LogP contribution in [0, 0.1) is 15.9 Å². The highest BCUT2D eigenvalue weighted by Crippen LogP contribution is 2.30. The lowest BCUT2D eigenvalue weighted by molar-refractivity contribution is -0.384. The number of rotatable bonds is 3. The fourth-order valence-corrected chi connectivity index (χ4v) is 1.27. The predicted octanol–water partition coefficient (Wildman–Crippen LogP) is 2.20. The summed E-state index contributed by atoms with van der Waals surface area (Å²) in [4.78, 5) is 9.92. The summed E-state index contributed by atoms with van der Waals surface area (Å²) in [7, 11) is 0. The number of nitro groups is 1. The molecule has 0 saturated carbocycles. The summed E-state index contributed by atoms with van der Waals surface area (Å²) in [5.41, 5.74) is 7.30. The molecule has 1 aromatic carbocycles. The van der Waals surface area contributed by atoms with Crippen molar-refractivity contribution in [2.45, 2.75) is 6.92 Å². The van der Waals surface area contributed by atoms with E-state index in [1.165, 1.54) is 13.0 Å². The second kappa shape index (κ2) is 4.88. The Kier molecular flexibility index (Phi) is 3.78. The van der Waals surface area contributed by atoms with Crippen LogP contribution in [0.3, 0.4) is 0 Å². The summed E-state index contributed by atoms with van der Waals surface area (Å²) in [5, 5.41) is 14.2. The van der Waals surface area contributed by atoms with Gasteiger partial charge in [0, 0.05) is 0 Å². The molecule has 1 aromatic rings. The molecule has 0 saturated heterocycles. The van der Waals surface area contributed by atoms with Crippen molar-refractivity contribution in [2.75, 3.05) is 5.43 Å². The highest BCUT2D eigenvalue weighted by atomic mass is 79.9. The largest absolute Gasteiger partial charge is 0.386 e. The van der Waals surface area contributed by atoms with Gasteiger partial charge in [0.1, 0.15) is 17.3 Å². The fraction of sp³-hybridized carbons (Fsp3) is 0.125. The van der Waals surface area contributed by atoms with E-state index >= 15 is 0 Å². The molecule has 0 unspecified atom stereocenters. The third kappa shape index (κ3) is 2.89. The van der Waals surface area contributed by atoms with E-state index in [9.17, 15) is 14.5 Å². The van der Waals surface area contributed by atoms with Gasteiger partial charge in [0.2, 0.25) is 0 Å². The molecule has 0 aromatic heterocycles. The van der Waals surface area contributed by atoms with Crippen LogP contribution in [0.25, 0.3) is 0 Å². The van der Waals surface area contributed by atoms with Gasteiger partial charge in [-0.3, -0.25) is 15.5 Å². The first kappa shape index (κ1) is 12.4. The van der Waals surface area contributed by atoms with Gasteiger partial charge in [-0.2, -0.15) is 5.10 Å². The van der Waals surface area contributed by atoms with E-state index in [0.717, 1.165) is 6.07 Å². The third-order valence-corrected chi connectivity index (χ3v) is 2.20. The van der Waals surface area contributed by atoms with E-state index in [1.807, 2.05) is 0 Å². The Balaban J connectivity index is 3.20. The third-order valence-electron chi connectivity index (χ3n) is 1.59. The Morgan fingerprint density at radius 1 is 1.69 bits per heavy atom. The number of hydrazone groups is 1. The van der Waals surface area contributed by atoms with Crippen molar-refractivity contribution >= 4 is 33.1 Å². The van der Waals surface area contributed by atoms with E-state index in [0.29, 0.717) is 0 Å². The highest BCUT2D eigenvalue weighted by Gasteiger charge is 2.17. The predicted molar refractivity (Wildman–Crippen MR) is 61.7 cm³/mol. The fourth-order valence-electron chi connectivity index (χ4n) is 0.925. The van der Waals surface area contributed by atoms with Crippen molar-refractivity contribution in [2.24, 2.45) is 10.8 Å². The average Bonchev–Trinajstić information content (AvgIpc) is 2.18.